The molecule has 2 nitrogen and oxygen atoms in total. The Morgan fingerprint density at radius 1 is 0.270 bits per heavy atom. The van der Waals surface area contributed by atoms with E-state index < -0.39 is 0 Å². The number of fused-ring (bicyclic) bond motifs is 6. The molecule has 0 amide bonds. The molecule has 0 spiro atoms. The summed E-state index contributed by atoms with van der Waals surface area (Å²) < 4.78 is 4.99. The lowest BCUT2D eigenvalue weighted by atomic mass is 9.89. The van der Waals surface area contributed by atoms with Gasteiger partial charge in [-0.1, -0.05) is 194 Å². The second-order valence-electron chi connectivity index (χ2n) is 16.4. The van der Waals surface area contributed by atoms with E-state index in [1.807, 2.05) is 0 Å². The van der Waals surface area contributed by atoms with Crippen LogP contribution in [-0.4, -0.2) is 9.13 Å². The molecular weight excluding hydrogens is 761 g/mol. The molecule has 12 aromatic rings. The minimum Gasteiger partial charge on any atom is -0.336 e. The molecule has 0 bridgehead atoms. The van der Waals surface area contributed by atoms with Crippen molar-refractivity contribution in [3.8, 4) is 61.3 Å². The Kier molecular flexibility index (Phi) is 8.93. The maximum absolute atomic E-state index is 2.54. The molecule has 63 heavy (non-hydrogen) atoms. The van der Waals surface area contributed by atoms with Crippen LogP contribution in [0.3, 0.4) is 0 Å². The Balaban J connectivity index is 1.06. The van der Waals surface area contributed by atoms with Crippen LogP contribution in [-0.2, 0) is 6.54 Å². The van der Waals surface area contributed by atoms with E-state index in [0.717, 1.165) is 5.69 Å². The molecule has 0 fully saturated rings. The van der Waals surface area contributed by atoms with Crippen LogP contribution in [0.25, 0.3) is 105 Å². The van der Waals surface area contributed by atoms with Crippen LogP contribution in [0.15, 0.2) is 243 Å². The van der Waals surface area contributed by atoms with Crippen molar-refractivity contribution in [2.45, 2.75) is 6.54 Å². The van der Waals surface area contributed by atoms with E-state index in [9.17, 15) is 0 Å². The first-order valence-electron chi connectivity index (χ1n) is 21.8. The molecule has 12 rings (SSSR count). The van der Waals surface area contributed by atoms with Gasteiger partial charge in [-0.05, 0) is 110 Å². The van der Waals surface area contributed by atoms with Gasteiger partial charge in [-0.3, -0.25) is 0 Å². The summed E-state index contributed by atoms with van der Waals surface area (Å²) in [6, 6.07) is 88.7. The maximum atomic E-state index is 2.54. The first kappa shape index (κ1) is 36.6. The predicted molar refractivity (Wildman–Crippen MR) is 267 cm³/mol. The molecule has 0 aliphatic rings. The molecular formula is C61H42N2. The number of nitrogens with zero attached hydrogens (tertiary/aromatic N) is 2. The van der Waals surface area contributed by atoms with Crippen molar-refractivity contribution >= 4 is 43.6 Å². The number of hydrogen-bond acceptors (Lipinski definition) is 0. The van der Waals surface area contributed by atoms with Crippen LogP contribution in [0.1, 0.15) is 5.56 Å². The summed E-state index contributed by atoms with van der Waals surface area (Å²) in [7, 11) is 0. The fraction of sp³-hybridized carbons (Fsp3) is 0.0164. The minimum absolute atomic E-state index is 0.690. The Hall–Kier alpha value is -8.20. The smallest absolute Gasteiger partial charge is 0.0547 e. The number of aromatic nitrogens is 2. The lowest BCUT2D eigenvalue weighted by molar-refractivity contribution is 0.872. The Morgan fingerprint density at radius 2 is 0.730 bits per heavy atom. The summed E-state index contributed by atoms with van der Waals surface area (Å²) in [5, 5.41) is 5.02. The summed E-state index contributed by atoms with van der Waals surface area (Å²) in [5.74, 6) is 0. The maximum Gasteiger partial charge on any atom is 0.0547 e. The topological polar surface area (TPSA) is 9.86 Å². The molecule has 0 saturated heterocycles. The van der Waals surface area contributed by atoms with Crippen LogP contribution >= 0.6 is 0 Å². The van der Waals surface area contributed by atoms with Gasteiger partial charge >= 0.3 is 0 Å². The van der Waals surface area contributed by atoms with Crippen molar-refractivity contribution < 1.29 is 0 Å². The lowest BCUT2D eigenvalue weighted by Gasteiger charge is -2.19. The average molecular weight is 803 g/mol. The highest BCUT2D eigenvalue weighted by molar-refractivity contribution is 6.16. The van der Waals surface area contributed by atoms with Gasteiger partial charge in [0.25, 0.3) is 0 Å². The van der Waals surface area contributed by atoms with Crippen molar-refractivity contribution in [3.63, 3.8) is 0 Å². The molecule has 0 atom stereocenters. The molecule has 0 aliphatic heterocycles. The Labute approximate surface area is 367 Å². The second-order valence-corrected chi connectivity index (χ2v) is 16.4. The molecule has 2 aromatic heterocycles. The quantitative estimate of drug-likeness (QED) is 0.145. The van der Waals surface area contributed by atoms with Gasteiger partial charge in [0.1, 0.15) is 0 Å². The summed E-state index contributed by atoms with van der Waals surface area (Å²) >= 11 is 0. The third-order valence-corrected chi connectivity index (χ3v) is 12.9. The minimum atomic E-state index is 0.690. The zero-order valence-electron chi connectivity index (χ0n) is 34.7. The van der Waals surface area contributed by atoms with Crippen LogP contribution < -0.4 is 0 Å². The van der Waals surface area contributed by atoms with E-state index >= 15 is 0 Å². The number of hydrogen-bond donors (Lipinski definition) is 0. The van der Waals surface area contributed by atoms with E-state index in [4.69, 9.17) is 0 Å². The standard InChI is InChI=1S/C61H42N2/c1-4-18-42(19-5-1)45-24-14-26-47(38-45)50-30-16-31-51(48-27-15-25-46(39-48)43-20-6-2-7-21-43)56(50)41-62-57-33-12-10-28-53(57)55-40-49(36-37-58(55)62)63-59-34-13-11-29-54(59)61-52(32-17-35-60(61)63)44-22-8-3-9-23-44/h1-40H,41H2. The second kappa shape index (κ2) is 15.4. The van der Waals surface area contributed by atoms with E-state index in [0.29, 0.717) is 6.54 Å². The van der Waals surface area contributed by atoms with E-state index in [2.05, 4.69) is 252 Å². The van der Waals surface area contributed by atoms with Gasteiger partial charge in [0.2, 0.25) is 0 Å². The third kappa shape index (κ3) is 6.35. The van der Waals surface area contributed by atoms with Gasteiger partial charge in [0, 0.05) is 44.8 Å². The van der Waals surface area contributed by atoms with Gasteiger partial charge in [0.05, 0.1) is 11.0 Å². The first-order chi connectivity index (χ1) is 31.3. The zero-order valence-corrected chi connectivity index (χ0v) is 34.7. The normalized spacial score (nSPS) is 11.6. The average Bonchev–Trinajstić information content (AvgIpc) is 3.87. The first-order valence-corrected chi connectivity index (χ1v) is 21.8. The summed E-state index contributed by atoms with van der Waals surface area (Å²) in [5.41, 5.74) is 19.5. The van der Waals surface area contributed by atoms with E-state index in [1.165, 1.54) is 105 Å². The van der Waals surface area contributed by atoms with Gasteiger partial charge < -0.3 is 9.13 Å². The van der Waals surface area contributed by atoms with Gasteiger partial charge in [-0.2, -0.15) is 0 Å². The van der Waals surface area contributed by atoms with Crippen LogP contribution in [0.2, 0.25) is 0 Å². The number of rotatable bonds is 8. The SMILES string of the molecule is c1ccc(-c2cccc(-c3cccc(-c4cccc(-c5ccccc5)c4)c3Cn3c4ccccc4c4cc(-n5c6ccccc6c6c(-c7ccccc7)cccc65)ccc43)c2)cc1. The Morgan fingerprint density at radius 3 is 1.38 bits per heavy atom. The van der Waals surface area contributed by atoms with Crippen LogP contribution in [0.5, 0.6) is 0 Å². The van der Waals surface area contributed by atoms with Gasteiger partial charge in [-0.15, -0.1) is 0 Å². The fourth-order valence-electron chi connectivity index (χ4n) is 9.96. The van der Waals surface area contributed by atoms with Crippen LogP contribution in [0.4, 0.5) is 0 Å². The zero-order chi connectivity index (χ0) is 41.7. The lowest BCUT2D eigenvalue weighted by Crippen LogP contribution is -2.04. The predicted octanol–water partition coefficient (Wildman–Crippen LogP) is 16.3. The summed E-state index contributed by atoms with van der Waals surface area (Å²) in [6.45, 7) is 0.690. The van der Waals surface area contributed by atoms with Gasteiger partial charge in [0.15, 0.2) is 0 Å². The van der Waals surface area contributed by atoms with Crippen LogP contribution in [0, 0.1) is 0 Å². The fourth-order valence-corrected chi connectivity index (χ4v) is 9.96. The summed E-state index contributed by atoms with van der Waals surface area (Å²) in [4.78, 5) is 0. The highest BCUT2D eigenvalue weighted by atomic mass is 15.0. The largest absolute Gasteiger partial charge is 0.336 e. The Bertz CT molecular complexity index is 3530. The molecule has 0 radical (unpaired) electrons. The molecule has 2 heteroatoms. The molecule has 0 unspecified atom stereocenters. The van der Waals surface area contributed by atoms with Crippen molar-refractivity contribution in [1.29, 1.82) is 0 Å². The molecule has 296 valence electrons. The molecule has 2 heterocycles. The summed E-state index contributed by atoms with van der Waals surface area (Å²) in [6.07, 6.45) is 0. The highest BCUT2D eigenvalue weighted by Gasteiger charge is 2.20. The van der Waals surface area contributed by atoms with Crippen molar-refractivity contribution in [1.82, 2.24) is 9.13 Å². The molecule has 0 saturated carbocycles. The van der Waals surface area contributed by atoms with E-state index in [-0.39, 0.29) is 0 Å². The van der Waals surface area contributed by atoms with Crippen molar-refractivity contribution in [3.05, 3.63) is 248 Å². The number of para-hydroxylation sites is 2. The third-order valence-electron chi connectivity index (χ3n) is 12.9. The van der Waals surface area contributed by atoms with Gasteiger partial charge in [-0.25, -0.2) is 0 Å². The highest BCUT2D eigenvalue weighted by Crippen LogP contribution is 2.42. The molecule has 10 aromatic carbocycles. The number of benzene rings is 10. The van der Waals surface area contributed by atoms with E-state index in [1.54, 1.807) is 0 Å². The molecule has 0 aliphatic carbocycles. The monoisotopic (exact) mass is 802 g/mol. The molecule has 0 N–H and O–H groups in total. The van der Waals surface area contributed by atoms with Crippen molar-refractivity contribution in [2.24, 2.45) is 0 Å². The van der Waals surface area contributed by atoms with Crippen molar-refractivity contribution in [2.75, 3.05) is 0 Å².